The molecule has 0 unspecified atom stereocenters. The highest BCUT2D eigenvalue weighted by Crippen LogP contribution is 2.19. The monoisotopic (exact) mass is 334 g/mol. The molecular formula is C15H15BrN2O2. The predicted molar refractivity (Wildman–Crippen MR) is 81.4 cm³/mol. The Morgan fingerprint density at radius 3 is 2.70 bits per heavy atom. The SMILES string of the molecule is Cc1cc(C)c(C(=O)OCc2ccc(Br)cn2)cc1N. The maximum atomic E-state index is 12.1. The van der Waals surface area contributed by atoms with Gasteiger partial charge in [0, 0.05) is 16.4 Å². The second-order valence-electron chi connectivity index (χ2n) is 4.57. The number of nitrogens with two attached hydrogens (primary N) is 1. The maximum absolute atomic E-state index is 12.1. The molecule has 0 fully saturated rings. The van der Waals surface area contributed by atoms with E-state index in [2.05, 4.69) is 20.9 Å². The lowest BCUT2D eigenvalue weighted by atomic mass is 10.0. The van der Waals surface area contributed by atoms with Crippen LogP contribution in [0.3, 0.4) is 0 Å². The van der Waals surface area contributed by atoms with Gasteiger partial charge in [-0.1, -0.05) is 6.07 Å². The van der Waals surface area contributed by atoms with Crippen molar-refractivity contribution in [1.29, 1.82) is 0 Å². The maximum Gasteiger partial charge on any atom is 0.338 e. The number of aromatic nitrogens is 1. The van der Waals surface area contributed by atoms with Gasteiger partial charge in [-0.2, -0.15) is 0 Å². The summed E-state index contributed by atoms with van der Waals surface area (Å²) in [6.07, 6.45) is 1.66. The molecule has 1 aromatic carbocycles. The molecule has 0 saturated carbocycles. The molecule has 1 aromatic heterocycles. The third kappa shape index (κ3) is 3.36. The zero-order valence-corrected chi connectivity index (χ0v) is 12.9. The fourth-order valence-corrected chi connectivity index (χ4v) is 2.03. The first-order chi connectivity index (χ1) is 9.47. The van der Waals surface area contributed by atoms with Crippen molar-refractivity contribution in [2.45, 2.75) is 20.5 Å². The molecule has 5 heteroatoms. The molecule has 104 valence electrons. The summed E-state index contributed by atoms with van der Waals surface area (Å²) in [6.45, 7) is 3.91. The molecule has 0 spiro atoms. The van der Waals surface area contributed by atoms with Crippen molar-refractivity contribution in [2.75, 3.05) is 5.73 Å². The summed E-state index contributed by atoms with van der Waals surface area (Å²) >= 11 is 3.30. The summed E-state index contributed by atoms with van der Waals surface area (Å²) in [6, 6.07) is 7.19. The molecule has 4 nitrogen and oxygen atoms in total. The van der Waals surface area contributed by atoms with Gasteiger partial charge in [-0.05, 0) is 59.1 Å². The quantitative estimate of drug-likeness (QED) is 0.690. The molecule has 20 heavy (non-hydrogen) atoms. The van der Waals surface area contributed by atoms with Crippen LogP contribution < -0.4 is 5.73 Å². The highest BCUT2D eigenvalue weighted by atomic mass is 79.9. The lowest BCUT2D eigenvalue weighted by Gasteiger charge is -2.09. The summed E-state index contributed by atoms with van der Waals surface area (Å²) in [5.41, 5.74) is 9.40. The van der Waals surface area contributed by atoms with Crippen LogP contribution in [-0.4, -0.2) is 11.0 Å². The first-order valence-electron chi connectivity index (χ1n) is 6.11. The summed E-state index contributed by atoms with van der Waals surface area (Å²) in [7, 11) is 0. The Hall–Kier alpha value is -1.88. The van der Waals surface area contributed by atoms with Crippen LogP contribution in [0.2, 0.25) is 0 Å². The Kier molecular flexibility index (Phi) is 4.39. The molecule has 0 aliphatic carbocycles. The lowest BCUT2D eigenvalue weighted by molar-refractivity contribution is 0.0467. The van der Waals surface area contributed by atoms with Crippen LogP contribution >= 0.6 is 15.9 Å². The second-order valence-corrected chi connectivity index (χ2v) is 5.48. The summed E-state index contributed by atoms with van der Waals surface area (Å²) in [5.74, 6) is -0.390. The van der Waals surface area contributed by atoms with E-state index in [1.165, 1.54) is 0 Å². The molecular weight excluding hydrogens is 320 g/mol. The minimum absolute atomic E-state index is 0.138. The number of carbonyl (C=O) groups is 1. The first-order valence-corrected chi connectivity index (χ1v) is 6.91. The summed E-state index contributed by atoms with van der Waals surface area (Å²) < 4.78 is 6.14. The van der Waals surface area contributed by atoms with E-state index in [0.717, 1.165) is 15.6 Å². The number of esters is 1. The van der Waals surface area contributed by atoms with Gasteiger partial charge in [-0.3, -0.25) is 4.98 Å². The Bertz CT molecular complexity index is 639. The molecule has 0 aliphatic rings. The minimum atomic E-state index is -0.390. The van der Waals surface area contributed by atoms with Crippen LogP contribution in [0, 0.1) is 13.8 Å². The van der Waals surface area contributed by atoms with Gasteiger partial charge in [-0.15, -0.1) is 0 Å². The number of rotatable bonds is 3. The van der Waals surface area contributed by atoms with Crippen LogP contribution in [0.4, 0.5) is 5.69 Å². The highest BCUT2D eigenvalue weighted by molar-refractivity contribution is 9.10. The third-order valence-electron chi connectivity index (χ3n) is 2.97. The van der Waals surface area contributed by atoms with Gasteiger partial charge in [-0.25, -0.2) is 4.79 Å². The van der Waals surface area contributed by atoms with Gasteiger partial charge in [0.1, 0.15) is 6.61 Å². The van der Waals surface area contributed by atoms with Crippen molar-refractivity contribution in [3.8, 4) is 0 Å². The minimum Gasteiger partial charge on any atom is -0.456 e. The number of anilines is 1. The number of halogens is 1. The fraction of sp³-hybridized carbons (Fsp3) is 0.200. The van der Waals surface area contributed by atoms with Crippen molar-refractivity contribution in [2.24, 2.45) is 0 Å². The van der Waals surface area contributed by atoms with E-state index in [1.54, 1.807) is 18.3 Å². The van der Waals surface area contributed by atoms with Crippen LogP contribution in [-0.2, 0) is 11.3 Å². The van der Waals surface area contributed by atoms with Crippen LogP contribution in [0.25, 0.3) is 0 Å². The normalized spacial score (nSPS) is 10.3. The standard InChI is InChI=1S/C15H15BrN2O2/c1-9-5-10(2)14(17)6-13(9)15(19)20-8-12-4-3-11(16)7-18-12/h3-7H,8,17H2,1-2H3. The summed E-state index contributed by atoms with van der Waals surface area (Å²) in [4.78, 5) is 16.2. The van der Waals surface area contributed by atoms with Gasteiger partial charge >= 0.3 is 5.97 Å². The fourth-order valence-electron chi connectivity index (χ4n) is 1.80. The van der Waals surface area contributed by atoms with Crippen molar-refractivity contribution in [1.82, 2.24) is 4.98 Å². The number of hydrogen-bond donors (Lipinski definition) is 1. The molecule has 0 atom stereocenters. The number of hydrogen-bond acceptors (Lipinski definition) is 4. The second kappa shape index (κ2) is 6.05. The van der Waals surface area contributed by atoms with E-state index < -0.39 is 0 Å². The molecule has 0 bridgehead atoms. The zero-order chi connectivity index (χ0) is 14.7. The molecule has 2 N–H and O–H groups in total. The third-order valence-corrected chi connectivity index (χ3v) is 3.44. The molecule has 0 aliphatic heterocycles. The predicted octanol–water partition coefficient (Wildman–Crippen LogP) is 3.40. The Morgan fingerprint density at radius 1 is 1.30 bits per heavy atom. The Labute approximate surface area is 126 Å². The van der Waals surface area contributed by atoms with Crippen LogP contribution in [0.5, 0.6) is 0 Å². The number of benzene rings is 1. The zero-order valence-electron chi connectivity index (χ0n) is 11.3. The Morgan fingerprint density at radius 2 is 2.05 bits per heavy atom. The van der Waals surface area contributed by atoms with Gasteiger partial charge in [0.05, 0.1) is 11.3 Å². The lowest BCUT2D eigenvalue weighted by Crippen LogP contribution is -2.09. The number of nitrogens with zero attached hydrogens (tertiary/aromatic N) is 1. The van der Waals surface area contributed by atoms with Gasteiger partial charge < -0.3 is 10.5 Å². The van der Waals surface area contributed by atoms with E-state index >= 15 is 0 Å². The van der Waals surface area contributed by atoms with E-state index in [0.29, 0.717) is 16.9 Å². The van der Waals surface area contributed by atoms with Gasteiger partial charge in [0.15, 0.2) is 0 Å². The Balaban J connectivity index is 2.09. The average molecular weight is 335 g/mol. The highest BCUT2D eigenvalue weighted by Gasteiger charge is 2.12. The van der Waals surface area contributed by atoms with E-state index in [4.69, 9.17) is 10.5 Å². The van der Waals surface area contributed by atoms with Crippen molar-refractivity contribution in [3.63, 3.8) is 0 Å². The van der Waals surface area contributed by atoms with Crippen molar-refractivity contribution >= 4 is 27.6 Å². The number of pyridine rings is 1. The van der Waals surface area contributed by atoms with Crippen LogP contribution in [0.1, 0.15) is 27.2 Å². The van der Waals surface area contributed by atoms with Crippen molar-refractivity contribution in [3.05, 3.63) is 57.3 Å². The molecule has 2 aromatic rings. The van der Waals surface area contributed by atoms with Gasteiger partial charge in [0.25, 0.3) is 0 Å². The number of ether oxygens (including phenoxy) is 1. The van der Waals surface area contributed by atoms with E-state index in [1.807, 2.05) is 26.0 Å². The van der Waals surface area contributed by atoms with Crippen LogP contribution in [0.15, 0.2) is 34.9 Å². The van der Waals surface area contributed by atoms with E-state index in [9.17, 15) is 4.79 Å². The number of nitrogen functional groups attached to an aromatic ring is 1. The molecule has 0 amide bonds. The van der Waals surface area contributed by atoms with Gasteiger partial charge in [0.2, 0.25) is 0 Å². The number of carbonyl (C=O) groups excluding carboxylic acids is 1. The van der Waals surface area contributed by atoms with Crippen molar-refractivity contribution < 1.29 is 9.53 Å². The molecule has 0 radical (unpaired) electrons. The number of aryl methyl sites for hydroxylation is 2. The average Bonchev–Trinajstić information content (AvgIpc) is 2.42. The first kappa shape index (κ1) is 14.5. The topological polar surface area (TPSA) is 65.2 Å². The molecule has 2 rings (SSSR count). The largest absolute Gasteiger partial charge is 0.456 e. The smallest absolute Gasteiger partial charge is 0.338 e. The molecule has 0 saturated heterocycles. The van der Waals surface area contributed by atoms with E-state index in [-0.39, 0.29) is 12.6 Å². The summed E-state index contributed by atoms with van der Waals surface area (Å²) in [5, 5.41) is 0. The molecule has 1 heterocycles.